The molecule has 0 spiro atoms. The molecule has 2 heterocycles. The van der Waals surface area contributed by atoms with E-state index >= 15 is 0 Å². The van der Waals surface area contributed by atoms with E-state index in [1.165, 1.54) is 28.8 Å². The number of thioether (sulfide) groups is 1. The molecule has 10 heteroatoms. The summed E-state index contributed by atoms with van der Waals surface area (Å²) in [7, 11) is -3.56. The van der Waals surface area contributed by atoms with Gasteiger partial charge in [0.05, 0.1) is 21.7 Å². The molecule has 2 aromatic rings. The predicted molar refractivity (Wildman–Crippen MR) is 103 cm³/mol. The van der Waals surface area contributed by atoms with E-state index in [1.54, 1.807) is 6.07 Å². The summed E-state index contributed by atoms with van der Waals surface area (Å²) in [6.07, 6.45) is 2.82. The molecule has 1 aromatic carbocycles. The normalized spacial score (nSPS) is 15.0. The summed E-state index contributed by atoms with van der Waals surface area (Å²) >= 11 is 1.20. The minimum Gasteiger partial charge on any atom is -0.333 e. The highest BCUT2D eigenvalue weighted by Gasteiger charge is 2.26. The van der Waals surface area contributed by atoms with Crippen molar-refractivity contribution in [2.24, 2.45) is 0 Å². The molecule has 1 aromatic heterocycles. The van der Waals surface area contributed by atoms with Crippen molar-refractivity contribution in [1.82, 2.24) is 19.6 Å². The summed E-state index contributed by atoms with van der Waals surface area (Å²) in [6, 6.07) is 4.68. The fraction of sp³-hybridized carbons (Fsp3) is 0.471. The molecular formula is C17H22N4O4S2. The number of amides is 2. The first-order chi connectivity index (χ1) is 12.9. The quantitative estimate of drug-likeness (QED) is 0.508. The molecule has 2 N–H and O–H groups in total. The largest absolute Gasteiger partial charge is 0.333 e. The van der Waals surface area contributed by atoms with E-state index in [-0.39, 0.29) is 22.5 Å². The Bertz CT molecular complexity index is 955. The van der Waals surface area contributed by atoms with Crippen LogP contribution in [0.25, 0.3) is 11.0 Å². The van der Waals surface area contributed by atoms with Crippen LogP contribution in [-0.4, -0.2) is 53.9 Å². The Morgan fingerprint density at radius 3 is 2.93 bits per heavy atom. The number of hydrogen-bond donors (Lipinski definition) is 2. The number of aromatic amines is 1. The first-order valence-electron chi connectivity index (χ1n) is 8.86. The molecule has 1 aliphatic rings. The van der Waals surface area contributed by atoms with E-state index in [1.807, 2.05) is 6.92 Å². The molecule has 0 aliphatic carbocycles. The number of rotatable bonds is 8. The van der Waals surface area contributed by atoms with Gasteiger partial charge < -0.3 is 4.98 Å². The van der Waals surface area contributed by atoms with Gasteiger partial charge in [-0.3, -0.25) is 14.5 Å². The number of likely N-dealkylation sites (tertiary alicyclic amines) is 1. The van der Waals surface area contributed by atoms with Gasteiger partial charge in [-0.2, -0.15) is 0 Å². The number of aromatic nitrogens is 2. The van der Waals surface area contributed by atoms with Gasteiger partial charge in [-0.25, -0.2) is 18.1 Å². The number of unbranched alkanes of at least 4 members (excludes halogenated alkanes) is 1. The third-order valence-corrected chi connectivity index (χ3v) is 6.59. The lowest BCUT2D eigenvalue weighted by atomic mass is 10.3. The van der Waals surface area contributed by atoms with E-state index < -0.39 is 10.0 Å². The Kier molecular flexibility index (Phi) is 6.18. The SMILES string of the molecule is CCCCNS(=O)(=O)c1ccc2nc(SCC(=O)N3CCCC3=O)[nH]c2c1. The van der Waals surface area contributed by atoms with Crippen LogP contribution in [0.15, 0.2) is 28.3 Å². The zero-order valence-electron chi connectivity index (χ0n) is 15.0. The number of carbonyl (C=O) groups excluding carboxylic acids is 2. The smallest absolute Gasteiger partial charge is 0.240 e. The second kappa shape index (κ2) is 8.41. The molecule has 8 nitrogen and oxygen atoms in total. The van der Waals surface area contributed by atoms with Crippen LogP contribution in [0, 0.1) is 0 Å². The van der Waals surface area contributed by atoms with Crippen molar-refractivity contribution < 1.29 is 18.0 Å². The van der Waals surface area contributed by atoms with E-state index in [9.17, 15) is 18.0 Å². The maximum Gasteiger partial charge on any atom is 0.240 e. The van der Waals surface area contributed by atoms with E-state index in [0.717, 1.165) is 12.8 Å². The molecule has 3 rings (SSSR count). The lowest BCUT2D eigenvalue weighted by Crippen LogP contribution is -2.33. The molecule has 0 bridgehead atoms. The number of nitrogens with zero attached hydrogens (tertiary/aromatic N) is 2. The highest BCUT2D eigenvalue weighted by atomic mass is 32.2. The number of carbonyl (C=O) groups is 2. The molecule has 0 unspecified atom stereocenters. The van der Waals surface area contributed by atoms with Crippen LogP contribution < -0.4 is 4.72 Å². The molecule has 0 radical (unpaired) electrons. The molecule has 0 atom stereocenters. The van der Waals surface area contributed by atoms with Crippen LogP contribution in [-0.2, 0) is 19.6 Å². The summed E-state index contributed by atoms with van der Waals surface area (Å²) in [4.78, 5) is 32.6. The highest BCUT2D eigenvalue weighted by Crippen LogP contribution is 2.23. The Morgan fingerprint density at radius 2 is 2.22 bits per heavy atom. The molecule has 1 fully saturated rings. The highest BCUT2D eigenvalue weighted by molar-refractivity contribution is 7.99. The second-order valence-electron chi connectivity index (χ2n) is 6.30. The fourth-order valence-electron chi connectivity index (χ4n) is 2.79. The number of hydrogen-bond acceptors (Lipinski definition) is 6. The van der Waals surface area contributed by atoms with Crippen LogP contribution in [0.5, 0.6) is 0 Å². The first-order valence-corrected chi connectivity index (χ1v) is 11.3. The Labute approximate surface area is 162 Å². The summed E-state index contributed by atoms with van der Waals surface area (Å²) in [5.74, 6) is -0.253. The van der Waals surface area contributed by atoms with Gasteiger partial charge in [0.2, 0.25) is 21.8 Å². The van der Waals surface area contributed by atoms with E-state index in [2.05, 4.69) is 14.7 Å². The van der Waals surface area contributed by atoms with Crippen molar-refractivity contribution in [2.45, 2.75) is 42.7 Å². The molecule has 1 saturated heterocycles. The van der Waals surface area contributed by atoms with Gasteiger partial charge in [0, 0.05) is 19.5 Å². The van der Waals surface area contributed by atoms with Crippen molar-refractivity contribution in [1.29, 1.82) is 0 Å². The average Bonchev–Trinajstić information content (AvgIpc) is 3.24. The molecule has 2 amide bonds. The monoisotopic (exact) mass is 410 g/mol. The Hall–Kier alpha value is -1.91. The zero-order valence-corrected chi connectivity index (χ0v) is 16.7. The third kappa shape index (κ3) is 4.69. The summed E-state index contributed by atoms with van der Waals surface area (Å²) in [6.45, 7) is 2.87. The van der Waals surface area contributed by atoms with Crippen molar-refractivity contribution in [3.05, 3.63) is 18.2 Å². The Balaban J connectivity index is 1.68. The summed E-state index contributed by atoms with van der Waals surface area (Å²) in [5.41, 5.74) is 1.20. The zero-order chi connectivity index (χ0) is 19.4. The fourth-order valence-corrected chi connectivity index (χ4v) is 4.65. The summed E-state index contributed by atoms with van der Waals surface area (Å²) in [5, 5.41) is 0.512. The number of H-pyrrole nitrogens is 1. The first kappa shape index (κ1) is 19.8. The van der Waals surface area contributed by atoms with Gasteiger partial charge in [0.25, 0.3) is 0 Å². The third-order valence-electron chi connectivity index (χ3n) is 4.27. The van der Waals surface area contributed by atoms with Gasteiger partial charge in [0.15, 0.2) is 5.16 Å². The van der Waals surface area contributed by atoms with Crippen molar-refractivity contribution in [3.8, 4) is 0 Å². The number of imidazole rings is 1. The number of fused-ring (bicyclic) bond motifs is 1. The topological polar surface area (TPSA) is 112 Å². The molecule has 0 saturated carbocycles. The maximum atomic E-state index is 12.3. The van der Waals surface area contributed by atoms with E-state index in [4.69, 9.17) is 0 Å². The number of sulfonamides is 1. The Morgan fingerprint density at radius 1 is 1.41 bits per heavy atom. The van der Waals surface area contributed by atoms with Gasteiger partial charge >= 0.3 is 0 Å². The van der Waals surface area contributed by atoms with Crippen LogP contribution in [0.3, 0.4) is 0 Å². The van der Waals surface area contributed by atoms with Gasteiger partial charge in [-0.15, -0.1) is 0 Å². The van der Waals surface area contributed by atoms with Gasteiger partial charge in [0.1, 0.15) is 0 Å². The minimum atomic E-state index is -3.56. The lowest BCUT2D eigenvalue weighted by Gasteiger charge is -2.12. The molecule has 146 valence electrons. The standard InChI is InChI=1S/C17H22N4O4S2/c1-2-3-8-18-27(24,25)12-6-7-13-14(10-12)20-17(19-13)26-11-16(23)21-9-4-5-15(21)22/h6-7,10,18H,2-5,8-9,11H2,1H3,(H,19,20). The van der Waals surface area contributed by atoms with E-state index in [0.29, 0.717) is 42.1 Å². The number of imide groups is 1. The van der Waals surface area contributed by atoms with Crippen LogP contribution in [0.1, 0.15) is 32.6 Å². The second-order valence-corrected chi connectivity index (χ2v) is 9.03. The number of benzene rings is 1. The molecule has 1 aliphatic heterocycles. The van der Waals surface area contributed by atoms with Crippen molar-refractivity contribution in [2.75, 3.05) is 18.8 Å². The number of nitrogens with one attached hydrogen (secondary N) is 2. The van der Waals surface area contributed by atoms with Crippen molar-refractivity contribution >= 4 is 44.6 Å². The molecular weight excluding hydrogens is 388 g/mol. The van der Waals surface area contributed by atoms with Crippen LogP contribution in [0.4, 0.5) is 0 Å². The minimum absolute atomic E-state index is 0.106. The maximum absolute atomic E-state index is 12.3. The van der Waals surface area contributed by atoms with Crippen molar-refractivity contribution in [3.63, 3.8) is 0 Å². The average molecular weight is 411 g/mol. The lowest BCUT2D eigenvalue weighted by molar-refractivity contribution is -0.140. The van der Waals surface area contributed by atoms with Gasteiger partial charge in [-0.05, 0) is 31.0 Å². The van der Waals surface area contributed by atoms with Gasteiger partial charge in [-0.1, -0.05) is 25.1 Å². The summed E-state index contributed by atoms with van der Waals surface area (Å²) < 4.78 is 27.2. The van der Waals surface area contributed by atoms with Crippen LogP contribution in [0.2, 0.25) is 0 Å². The predicted octanol–water partition coefficient (Wildman–Crippen LogP) is 1.88. The van der Waals surface area contributed by atoms with Crippen LogP contribution >= 0.6 is 11.8 Å². The molecule has 27 heavy (non-hydrogen) atoms.